The number of hydrogen-bond donors (Lipinski definition) is 0. The maximum Gasteiger partial charge on any atom is 0.182 e. The van der Waals surface area contributed by atoms with Crippen molar-refractivity contribution in [3.05, 3.63) is 78.4 Å². The van der Waals surface area contributed by atoms with Crippen LogP contribution < -0.4 is 24.8 Å². The van der Waals surface area contributed by atoms with Crippen LogP contribution in [0.15, 0.2) is 72.8 Å². The molecule has 1 atom stereocenters. The van der Waals surface area contributed by atoms with Crippen LogP contribution in [0.3, 0.4) is 0 Å². The van der Waals surface area contributed by atoms with E-state index in [0.29, 0.717) is 33.4 Å². The zero-order chi connectivity index (χ0) is 20.4. The van der Waals surface area contributed by atoms with E-state index in [4.69, 9.17) is 14.2 Å². The van der Waals surface area contributed by atoms with Gasteiger partial charge in [0.2, 0.25) is 0 Å². The Hall–Kier alpha value is -3.04. The van der Waals surface area contributed by atoms with Gasteiger partial charge in [-0.25, -0.2) is 0 Å². The minimum atomic E-state index is -3.31. The van der Waals surface area contributed by atoms with Crippen LogP contribution in [0, 0.1) is 0 Å². The topological polar surface area (TPSA) is 61.8 Å². The Morgan fingerprint density at radius 1 is 0.828 bits per heavy atom. The third kappa shape index (κ3) is 3.43. The summed E-state index contributed by atoms with van der Waals surface area (Å²) in [6.45, 7) is 0. The molecule has 0 aromatic heterocycles. The largest absolute Gasteiger partial charge is 0.497 e. The maximum atomic E-state index is 14.6. The van der Waals surface area contributed by atoms with Gasteiger partial charge >= 0.3 is 0 Å². The lowest BCUT2D eigenvalue weighted by Crippen LogP contribution is -2.34. The molecule has 0 bridgehead atoms. The molecule has 1 unspecified atom stereocenters. The molecule has 29 heavy (non-hydrogen) atoms. The molecule has 1 aliphatic heterocycles. The Balaban J connectivity index is 1.84. The lowest BCUT2D eigenvalue weighted by Gasteiger charge is -2.32. The van der Waals surface area contributed by atoms with Crippen molar-refractivity contribution in [3.8, 4) is 17.2 Å². The number of Topliss-reactive ketones (excluding diaryl/α,β-unsaturated/α-hetero) is 1. The van der Waals surface area contributed by atoms with Crippen molar-refractivity contribution in [2.45, 2.75) is 12.3 Å². The van der Waals surface area contributed by atoms with E-state index in [-0.39, 0.29) is 12.2 Å². The summed E-state index contributed by atoms with van der Waals surface area (Å²) in [5.41, 5.74) is 0.528. The molecular weight excluding hydrogens is 387 g/mol. The van der Waals surface area contributed by atoms with Gasteiger partial charge in [-0.2, -0.15) is 0 Å². The molecule has 5 nitrogen and oxygen atoms in total. The first kappa shape index (κ1) is 19.3. The second-order valence-electron chi connectivity index (χ2n) is 6.75. The first-order chi connectivity index (χ1) is 14.1. The first-order valence-corrected chi connectivity index (χ1v) is 11.0. The summed E-state index contributed by atoms with van der Waals surface area (Å²) in [6.07, 6.45) is 0.0480. The number of ketones is 1. The lowest BCUT2D eigenvalue weighted by atomic mass is 10.1. The quantitative estimate of drug-likeness (QED) is 0.597. The monoisotopic (exact) mass is 408 g/mol. The Morgan fingerprint density at radius 3 is 1.86 bits per heavy atom. The van der Waals surface area contributed by atoms with Gasteiger partial charge in [0, 0.05) is 10.6 Å². The van der Waals surface area contributed by atoms with Crippen molar-refractivity contribution in [2.75, 3.05) is 14.2 Å². The van der Waals surface area contributed by atoms with Gasteiger partial charge in [-0.15, -0.1) is 0 Å². The molecule has 0 N–H and O–H groups in total. The molecule has 0 radical (unpaired) electrons. The number of para-hydroxylation sites is 1. The van der Waals surface area contributed by atoms with E-state index in [1.165, 1.54) is 0 Å². The average Bonchev–Trinajstić information content (AvgIpc) is 2.78. The zero-order valence-electron chi connectivity index (χ0n) is 16.2. The fourth-order valence-electron chi connectivity index (χ4n) is 3.55. The average molecular weight is 408 g/mol. The highest BCUT2D eigenvalue weighted by Crippen LogP contribution is 2.53. The molecule has 6 heteroatoms. The van der Waals surface area contributed by atoms with Gasteiger partial charge in [-0.3, -0.25) is 4.79 Å². The fourth-order valence-corrected chi connectivity index (χ4v) is 6.38. The van der Waals surface area contributed by atoms with Crippen LogP contribution >= 0.6 is 7.14 Å². The number of fused-ring (bicyclic) bond motifs is 1. The number of carbonyl (C=O) groups excluding carboxylic acids is 1. The van der Waals surface area contributed by atoms with Gasteiger partial charge in [0.25, 0.3) is 0 Å². The summed E-state index contributed by atoms with van der Waals surface area (Å²) in [6, 6.07) is 21.3. The molecule has 0 fully saturated rings. The van der Waals surface area contributed by atoms with E-state index >= 15 is 0 Å². The Morgan fingerprint density at radius 2 is 1.34 bits per heavy atom. The molecule has 1 heterocycles. The van der Waals surface area contributed by atoms with Gasteiger partial charge in [0.15, 0.2) is 18.8 Å². The third-order valence-electron chi connectivity index (χ3n) is 5.13. The second-order valence-corrected chi connectivity index (χ2v) is 9.67. The van der Waals surface area contributed by atoms with Crippen LogP contribution in [0.25, 0.3) is 0 Å². The SMILES string of the molecule is COc1ccc(P(=O)(c2ccc(OC)cc2)C2CC(=O)c3ccccc3O2)cc1. The van der Waals surface area contributed by atoms with Crippen LogP contribution in [0.1, 0.15) is 16.8 Å². The molecule has 4 rings (SSSR count). The van der Waals surface area contributed by atoms with Crippen molar-refractivity contribution >= 4 is 23.5 Å². The van der Waals surface area contributed by atoms with Crippen LogP contribution in [0.2, 0.25) is 0 Å². The maximum absolute atomic E-state index is 14.6. The summed E-state index contributed by atoms with van der Waals surface area (Å²) in [4.78, 5) is 12.8. The highest BCUT2D eigenvalue weighted by atomic mass is 31.2. The summed E-state index contributed by atoms with van der Waals surface area (Å²) < 4.78 is 31.2. The summed E-state index contributed by atoms with van der Waals surface area (Å²) in [7, 11) is -0.145. The number of rotatable bonds is 5. The third-order valence-corrected chi connectivity index (χ3v) is 8.36. The minimum Gasteiger partial charge on any atom is -0.497 e. The van der Waals surface area contributed by atoms with Crippen LogP contribution in [-0.4, -0.2) is 25.8 Å². The Bertz CT molecular complexity index is 1020. The number of hydrogen-bond acceptors (Lipinski definition) is 5. The molecule has 0 spiro atoms. The molecule has 0 amide bonds. The van der Waals surface area contributed by atoms with Crippen LogP contribution in [0.4, 0.5) is 0 Å². The normalized spacial score (nSPS) is 15.9. The van der Waals surface area contributed by atoms with Gasteiger partial charge < -0.3 is 18.8 Å². The fraction of sp³-hybridized carbons (Fsp3) is 0.174. The van der Waals surface area contributed by atoms with E-state index < -0.39 is 13.0 Å². The van der Waals surface area contributed by atoms with E-state index in [0.717, 1.165) is 0 Å². The summed E-state index contributed by atoms with van der Waals surface area (Å²) >= 11 is 0. The van der Waals surface area contributed by atoms with Crippen LogP contribution in [0.5, 0.6) is 17.2 Å². The molecule has 148 valence electrons. The van der Waals surface area contributed by atoms with E-state index in [9.17, 15) is 9.36 Å². The number of benzene rings is 3. The number of carbonyl (C=O) groups is 1. The van der Waals surface area contributed by atoms with Gasteiger partial charge in [0.05, 0.1) is 26.2 Å². The first-order valence-electron chi connectivity index (χ1n) is 9.24. The molecule has 0 saturated carbocycles. The Labute approximate surface area is 169 Å². The van der Waals surface area contributed by atoms with Gasteiger partial charge in [-0.1, -0.05) is 12.1 Å². The molecule has 3 aromatic carbocycles. The van der Waals surface area contributed by atoms with Crippen molar-refractivity contribution in [2.24, 2.45) is 0 Å². The lowest BCUT2D eigenvalue weighted by molar-refractivity contribution is 0.0912. The summed E-state index contributed by atoms with van der Waals surface area (Å²) in [5, 5.41) is 1.22. The zero-order valence-corrected chi connectivity index (χ0v) is 17.1. The van der Waals surface area contributed by atoms with E-state index in [2.05, 4.69) is 0 Å². The standard InChI is InChI=1S/C23H21O5P/c1-26-16-7-11-18(12-8-16)29(25,19-13-9-17(27-2)10-14-19)23-15-21(24)20-5-3-4-6-22(20)28-23/h3-14,23H,15H2,1-2H3. The van der Waals surface area contributed by atoms with Crippen molar-refractivity contribution in [3.63, 3.8) is 0 Å². The van der Waals surface area contributed by atoms with Crippen molar-refractivity contribution < 1.29 is 23.6 Å². The highest BCUT2D eigenvalue weighted by molar-refractivity contribution is 7.79. The van der Waals surface area contributed by atoms with E-state index in [1.807, 2.05) is 0 Å². The molecule has 3 aromatic rings. The predicted octanol–water partition coefficient (Wildman–Crippen LogP) is 4.01. The van der Waals surface area contributed by atoms with Crippen LogP contribution in [-0.2, 0) is 4.57 Å². The van der Waals surface area contributed by atoms with Crippen molar-refractivity contribution in [1.82, 2.24) is 0 Å². The summed E-state index contributed by atoms with van der Waals surface area (Å²) in [5.74, 6) is 0.948. The van der Waals surface area contributed by atoms with Gasteiger partial charge in [0.1, 0.15) is 17.2 Å². The molecule has 1 aliphatic rings. The molecular formula is C23H21O5P. The van der Waals surface area contributed by atoms with E-state index in [1.54, 1.807) is 87.0 Å². The minimum absolute atomic E-state index is 0.0480. The number of methoxy groups -OCH3 is 2. The smallest absolute Gasteiger partial charge is 0.182 e. The van der Waals surface area contributed by atoms with Crippen molar-refractivity contribution in [1.29, 1.82) is 0 Å². The second kappa shape index (κ2) is 7.76. The Kier molecular flexibility index (Phi) is 5.16. The molecule has 0 aliphatic carbocycles. The highest BCUT2D eigenvalue weighted by Gasteiger charge is 2.43. The predicted molar refractivity (Wildman–Crippen MR) is 113 cm³/mol. The number of ether oxygens (including phenoxy) is 3. The van der Waals surface area contributed by atoms with Gasteiger partial charge in [-0.05, 0) is 60.7 Å². The molecule has 0 saturated heterocycles.